The maximum atomic E-state index is 9.40. The second-order valence-corrected chi connectivity index (χ2v) is 5.41. The van der Waals surface area contributed by atoms with Gasteiger partial charge in [0.15, 0.2) is 0 Å². The third-order valence-corrected chi connectivity index (χ3v) is 3.69. The van der Waals surface area contributed by atoms with Crippen LogP contribution in [0, 0.1) is 0 Å². The van der Waals surface area contributed by atoms with Crippen molar-refractivity contribution >= 4 is 46.7 Å². The molecule has 24 heavy (non-hydrogen) atoms. The van der Waals surface area contributed by atoms with E-state index in [1.807, 2.05) is 0 Å². The minimum absolute atomic E-state index is 0. The summed E-state index contributed by atoms with van der Waals surface area (Å²) in [5.74, 6) is 0.921. The Balaban J connectivity index is 0.00000208. The Kier molecular flexibility index (Phi) is 5.66. The smallest absolute Gasteiger partial charge is 0.222 e. The fraction of sp³-hybridized carbons (Fsp3) is 0.125. The number of halogens is 2. The van der Waals surface area contributed by atoms with E-state index < -0.39 is 0 Å². The average molecular weight is 367 g/mol. The van der Waals surface area contributed by atoms with Crippen LogP contribution in [0.1, 0.15) is 11.1 Å². The van der Waals surface area contributed by atoms with Crippen LogP contribution >= 0.6 is 24.0 Å². The van der Waals surface area contributed by atoms with Crippen LogP contribution in [0.25, 0.3) is 10.9 Å². The largest absolute Gasteiger partial charge is 0.488 e. The molecule has 0 aliphatic heterocycles. The lowest BCUT2D eigenvalue weighted by atomic mass is 10.1. The summed E-state index contributed by atoms with van der Waals surface area (Å²) in [6, 6.07) is 10.6. The third kappa shape index (κ3) is 3.62. The second kappa shape index (κ2) is 7.53. The normalized spacial score (nSPS) is 10.4. The number of rotatable bonds is 4. The summed E-state index contributed by atoms with van der Waals surface area (Å²) in [6.45, 7) is 0.145. The summed E-state index contributed by atoms with van der Waals surface area (Å²) in [7, 11) is 0. The second-order valence-electron chi connectivity index (χ2n) is 4.98. The number of hydrogen-bond donors (Lipinski definition) is 3. The lowest BCUT2D eigenvalue weighted by Gasteiger charge is -2.13. The van der Waals surface area contributed by atoms with Gasteiger partial charge in [-0.15, -0.1) is 12.4 Å². The lowest BCUT2D eigenvalue weighted by Crippen LogP contribution is -2.04. The van der Waals surface area contributed by atoms with Crippen molar-refractivity contribution in [1.29, 1.82) is 0 Å². The molecule has 0 bridgehead atoms. The van der Waals surface area contributed by atoms with Gasteiger partial charge in [-0.05, 0) is 35.4 Å². The number of nitrogens with two attached hydrogens (primary N) is 2. The third-order valence-electron chi connectivity index (χ3n) is 3.45. The SMILES string of the molecule is Cl.Nc1nc(N)c2c(OCc3cc(Cl)ccc3CO)cccc2n1. The van der Waals surface area contributed by atoms with Crippen molar-refractivity contribution in [3.63, 3.8) is 0 Å². The number of benzene rings is 2. The summed E-state index contributed by atoms with van der Waals surface area (Å²) in [6.07, 6.45) is 0. The molecule has 5 N–H and O–H groups in total. The summed E-state index contributed by atoms with van der Waals surface area (Å²) >= 11 is 6.00. The number of hydrogen-bond acceptors (Lipinski definition) is 6. The van der Waals surface area contributed by atoms with E-state index in [1.165, 1.54) is 0 Å². The molecule has 126 valence electrons. The Hall–Kier alpha value is -2.28. The predicted molar refractivity (Wildman–Crippen MR) is 97.3 cm³/mol. The predicted octanol–water partition coefficient (Wildman–Crippen LogP) is 2.94. The lowest BCUT2D eigenvalue weighted by molar-refractivity contribution is 0.270. The first kappa shape index (κ1) is 18.1. The average Bonchev–Trinajstić information content (AvgIpc) is 2.52. The highest BCUT2D eigenvalue weighted by Crippen LogP contribution is 2.30. The molecule has 0 radical (unpaired) electrons. The molecule has 0 saturated carbocycles. The van der Waals surface area contributed by atoms with Gasteiger partial charge in [0.25, 0.3) is 0 Å². The van der Waals surface area contributed by atoms with Crippen molar-refractivity contribution in [2.75, 3.05) is 11.5 Å². The molecule has 0 aliphatic carbocycles. The highest BCUT2D eigenvalue weighted by molar-refractivity contribution is 6.30. The molecule has 0 atom stereocenters. The van der Waals surface area contributed by atoms with E-state index in [9.17, 15) is 5.11 Å². The maximum absolute atomic E-state index is 9.40. The van der Waals surface area contributed by atoms with Gasteiger partial charge >= 0.3 is 0 Å². The molecule has 1 aromatic heterocycles. The van der Waals surface area contributed by atoms with Crippen molar-refractivity contribution in [2.24, 2.45) is 0 Å². The topological polar surface area (TPSA) is 107 Å². The first-order valence-corrected chi connectivity index (χ1v) is 7.29. The van der Waals surface area contributed by atoms with Gasteiger partial charge in [-0.1, -0.05) is 23.7 Å². The van der Waals surface area contributed by atoms with E-state index in [4.69, 9.17) is 27.8 Å². The molecule has 0 fully saturated rings. The highest BCUT2D eigenvalue weighted by Gasteiger charge is 2.11. The van der Waals surface area contributed by atoms with Gasteiger partial charge in [0, 0.05) is 5.02 Å². The number of aliphatic hydroxyl groups is 1. The Morgan fingerprint density at radius 2 is 1.88 bits per heavy atom. The van der Waals surface area contributed by atoms with E-state index in [1.54, 1.807) is 36.4 Å². The van der Waals surface area contributed by atoms with Crippen LogP contribution in [-0.4, -0.2) is 15.1 Å². The van der Waals surface area contributed by atoms with Gasteiger partial charge in [-0.25, -0.2) is 4.98 Å². The molecule has 3 rings (SSSR count). The van der Waals surface area contributed by atoms with E-state index in [2.05, 4.69) is 9.97 Å². The van der Waals surface area contributed by atoms with Gasteiger partial charge < -0.3 is 21.3 Å². The molecule has 0 saturated heterocycles. The monoisotopic (exact) mass is 366 g/mol. The number of aromatic nitrogens is 2. The zero-order valence-corrected chi connectivity index (χ0v) is 14.1. The number of ether oxygens (including phenoxy) is 1. The van der Waals surface area contributed by atoms with Crippen molar-refractivity contribution < 1.29 is 9.84 Å². The van der Waals surface area contributed by atoms with Crippen molar-refractivity contribution in [3.8, 4) is 5.75 Å². The Bertz CT molecular complexity index is 874. The molecular weight excluding hydrogens is 351 g/mol. The van der Waals surface area contributed by atoms with Gasteiger partial charge in [0.1, 0.15) is 18.2 Å². The zero-order valence-electron chi connectivity index (χ0n) is 12.6. The molecule has 1 heterocycles. The summed E-state index contributed by atoms with van der Waals surface area (Å²) < 4.78 is 5.85. The van der Waals surface area contributed by atoms with Gasteiger partial charge in [0.05, 0.1) is 17.5 Å². The number of nitrogen functional groups attached to an aromatic ring is 2. The molecule has 8 heteroatoms. The number of nitrogens with zero attached hydrogens (tertiary/aromatic N) is 2. The summed E-state index contributed by atoms with van der Waals surface area (Å²) in [5.41, 5.74) is 13.7. The van der Waals surface area contributed by atoms with Crippen molar-refractivity contribution in [3.05, 3.63) is 52.5 Å². The molecular formula is C16H16Cl2N4O2. The molecule has 2 aromatic carbocycles. The minimum atomic E-state index is -0.0901. The van der Waals surface area contributed by atoms with Crippen molar-refractivity contribution in [2.45, 2.75) is 13.2 Å². The van der Waals surface area contributed by atoms with Crippen LogP contribution in [-0.2, 0) is 13.2 Å². The van der Waals surface area contributed by atoms with Gasteiger partial charge in [0.2, 0.25) is 5.95 Å². The van der Waals surface area contributed by atoms with Gasteiger partial charge in [-0.3, -0.25) is 0 Å². The van der Waals surface area contributed by atoms with E-state index >= 15 is 0 Å². The molecule has 0 amide bonds. The van der Waals surface area contributed by atoms with E-state index in [0.717, 1.165) is 11.1 Å². The number of aliphatic hydroxyl groups excluding tert-OH is 1. The Morgan fingerprint density at radius 3 is 2.62 bits per heavy atom. The molecule has 3 aromatic rings. The molecule has 0 aliphatic rings. The first-order chi connectivity index (χ1) is 11.1. The maximum Gasteiger partial charge on any atom is 0.222 e. The zero-order chi connectivity index (χ0) is 16.4. The minimum Gasteiger partial charge on any atom is -0.488 e. The standard InChI is InChI=1S/C16H15ClN4O2.ClH/c17-11-5-4-9(7-22)10(6-11)8-23-13-3-1-2-12-14(13)15(18)21-16(19)20-12;/h1-6,22H,7-8H2,(H4,18,19,20,21);1H. The molecule has 6 nitrogen and oxygen atoms in total. The van der Waals surface area contributed by atoms with E-state index in [0.29, 0.717) is 21.7 Å². The summed E-state index contributed by atoms with van der Waals surface area (Å²) in [5, 5.41) is 10.6. The first-order valence-electron chi connectivity index (χ1n) is 6.91. The van der Waals surface area contributed by atoms with Crippen LogP contribution in [0.2, 0.25) is 5.02 Å². The van der Waals surface area contributed by atoms with Crippen LogP contribution < -0.4 is 16.2 Å². The van der Waals surface area contributed by atoms with Gasteiger partial charge in [-0.2, -0.15) is 4.98 Å². The number of fused-ring (bicyclic) bond motifs is 1. The number of anilines is 2. The quantitative estimate of drug-likeness (QED) is 0.655. The fourth-order valence-electron chi connectivity index (χ4n) is 2.36. The van der Waals surface area contributed by atoms with Crippen molar-refractivity contribution in [1.82, 2.24) is 9.97 Å². The van der Waals surface area contributed by atoms with Crippen LogP contribution in [0.5, 0.6) is 5.75 Å². The molecule has 0 spiro atoms. The fourth-order valence-corrected chi connectivity index (χ4v) is 2.55. The van der Waals surface area contributed by atoms with Crippen LogP contribution in [0.3, 0.4) is 0 Å². The van der Waals surface area contributed by atoms with Crippen LogP contribution in [0.15, 0.2) is 36.4 Å². The molecule has 0 unspecified atom stereocenters. The van der Waals surface area contributed by atoms with E-state index in [-0.39, 0.29) is 37.4 Å². The Labute approximate surface area is 149 Å². The Morgan fingerprint density at radius 1 is 1.08 bits per heavy atom. The highest BCUT2D eigenvalue weighted by atomic mass is 35.5. The summed E-state index contributed by atoms with van der Waals surface area (Å²) in [4.78, 5) is 8.11. The van der Waals surface area contributed by atoms with Crippen LogP contribution in [0.4, 0.5) is 11.8 Å².